The van der Waals surface area contributed by atoms with E-state index in [4.69, 9.17) is 22.1 Å². The minimum atomic E-state index is -0.722. The predicted molar refractivity (Wildman–Crippen MR) is 126 cm³/mol. The van der Waals surface area contributed by atoms with Crippen molar-refractivity contribution in [3.8, 4) is 11.5 Å². The molecule has 1 unspecified atom stereocenters. The molecule has 2 amide bonds. The molecular weight excluding hydrogens is 461 g/mol. The second kappa shape index (κ2) is 10.1. The van der Waals surface area contributed by atoms with Gasteiger partial charge in [-0.3, -0.25) is 14.6 Å². The molecule has 34 heavy (non-hydrogen) atoms. The maximum absolute atomic E-state index is 14.7. The highest BCUT2D eigenvalue weighted by Crippen LogP contribution is 2.28. The molecule has 10 heteroatoms. The topological polar surface area (TPSA) is 119 Å². The lowest BCUT2D eigenvalue weighted by atomic mass is 10.1. The number of rotatable bonds is 7. The zero-order valence-electron chi connectivity index (χ0n) is 17.7. The molecule has 4 rings (SSSR count). The number of aromatic nitrogens is 2. The maximum atomic E-state index is 14.7. The molecule has 3 aromatic rings. The van der Waals surface area contributed by atoms with Crippen molar-refractivity contribution in [2.45, 2.75) is 12.5 Å². The number of carbonyl (C=O) groups excluding carboxylic acids is 2. The first-order valence-corrected chi connectivity index (χ1v) is 10.6. The molecule has 1 aliphatic rings. The highest BCUT2D eigenvalue weighted by Gasteiger charge is 2.17. The monoisotopic (exact) mass is 479 g/mol. The van der Waals surface area contributed by atoms with Crippen molar-refractivity contribution in [3.63, 3.8) is 0 Å². The van der Waals surface area contributed by atoms with Gasteiger partial charge in [0.25, 0.3) is 11.8 Å². The lowest BCUT2D eigenvalue weighted by molar-refractivity contribution is 0.0943. The Morgan fingerprint density at radius 3 is 2.74 bits per heavy atom. The van der Waals surface area contributed by atoms with Gasteiger partial charge in [0.2, 0.25) is 0 Å². The first-order valence-electron chi connectivity index (χ1n) is 10.2. The summed E-state index contributed by atoms with van der Waals surface area (Å²) in [5, 5.41) is 6.49. The van der Waals surface area contributed by atoms with Crippen LogP contribution in [0, 0.1) is 5.82 Å². The Bertz CT molecular complexity index is 1310. The molecule has 0 spiro atoms. The summed E-state index contributed by atoms with van der Waals surface area (Å²) in [5.41, 5.74) is 5.86. The number of pyridine rings is 2. The zero-order chi connectivity index (χ0) is 24.1. The number of hydrogen-bond donors (Lipinski definition) is 3. The highest BCUT2D eigenvalue weighted by molar-refractivity contribution is 6.31. The van der Waals surface area contributed by atoms with Crippen LogP contribution in [0.25, 0.3) is 0 Å². The van der Waals surface area contributed by atoms with E-state index in [9.17, 15) is 14.0 Å². The number of hydrogen-bond acceptors (Lipinski definition) is 6. The number of benzene rings is 1. The van der Waals surface area contributed by atoms with Gasteiger partial charge in [-0.15, -0.1) is 0 Å². The number of amides is 2. The second-order valence-corrected chi connectivity index (χ2v) is 7.71. The molecule has 2 heterocycles. The fraction of sp³-hybridized carbons (Fsp3) is 0.0833. The summed E-state index contributed by atoms with van der Waals surface area (Å²) < 4.78 is 20.2. The largest absolute Gasteiger partial charge is 0.454 e. The van der Waals surface area contributed by atoms with E-state index >= 15 is 0 Å². The van der Waals surface area contributed by atoms with Gasteiger partial charge in [-0.1, -0.05) is 23.8 Å². The van der Waals surface area contributed by atoms with Gasteiger partial charge in [-0.2, -0.15) is 0 Å². The van der Waals surface area contributed by atoms with Gasteiger partial charge < -0.3 is 21.1 Å². The summed E-state index contributed by atoms with van der Waals surface area (Å²) in [4.78, 5) is 32.1. The maximum Gasteiger partial charge on any atom is 0.267 e. The average Bonchev–Trinajstić information content (AvgIpc) is 2.83. The van der Waals surface area contributed by atoms with E-state index < -0.39 is 11.7 Å². The van der Waals surface area contributed by atoms with Crippen LogP contribution in [0.2, 0.25) is 0 Å². The van der Waals surface area contributed by atoms with Crippen LogP contribution in [0.1, 0.15) is 27.3 Å². The summed E-state index contributed by atoms with van der Waals surface area (Å²) in [6, 6.07) is 10.0. The number of nitrogens with one attached hydrogen (secondary N) is 2. The van der Waals surface area contributed by atoms with Gasteiger partial charge in [-0.05, 0) is 42.8 Å². The molecule has 0 aliphatic heterocycles. The summed E-state index contributed by atoms with van der Waals surface area (Å²) >= 11 is 5.92. The molecule has 1 aromatic carbocycles. The fourth-order valence-electron chi connectivity index (χ4n) is 3.17. The molecule has 4 N–H and O–H groups in total. The number of anilines is 2. The van der Waals surface area contributed by atoms with E-state index in [1.54, 1.807) is 24.3 Å². The molecule has 8 nitrogen and oxygen atoms in total. The smallest absolute Gasteiger partial charge is 0.267 e. The Morgan fingerprint density at radius 1 is 1.15 bits per heavy atom. The van der Waals surface area contributed by atoms with E-state index in [1.807, 2.05) is 12.2 Å². The number of nitrogens with zero attached hydrogens (tertiary/aromatic N) is 2. The van der Waals surface area contributed by atoms with Crippen molar-refractivity contribution in [2.24, 2.45) is 5.73 Å². The van der Waals surface area contributed by atoms with Gasteiger partial charge in [0, 0.05) is 35.2 Å². The average molecular weight is 480 g/mol. The lowest BCUT2D eigenvalue weighted by Gasteiger charge is -2.17. The minimum absolute atomic E-state index is 0.00000928. The third-order valence-corrected chi connectivity index (χ3v) is 5.11. The Morgan fingerprint density at radius 2 is 2.00 bits per heavy atom. The summed E-state index contributed by atoms with van der Waals surface area (Å²) in [7, 11) is 0. The van der Waals surface area contributed by atoms with E-state index in [0.29, 0.717) is 22.7 Å². The lowest BCUT2D eigenvalue weighted by Crippen LogP contribution is -2.34. The van der Waals surface area contributed by atoms with Gasteiger partial charge in [0.05, 0.1) is 11.6 Å². The number of allylic oxidation sites excluding steroid dienone is 2. The van der Waals surface area contributed by atoms with Crippen molar-refractivity contribution in [2.75, 3.05) is 5.32 Å². The Balaban J connectivity index is 1.48. The van der Waals surface area contributed by atoms with Crippen molar-refractivity contribution < 1.29 is 18.7 Å². The van der Waals surface area contributed by atoms with E-state index in [2.05, 4.69) is 20.6 Å². The van der Waals surface area contributed by atoms with Crippen LogP contribution < -0.4 is 21.1 Å². The van der Waals surface area contributed by atoms with Crippen LogP contribution in [0.4, 0.5) is 15.9 Å². The molecule has 2 aromatic heterocycles. The van der Waals surface area contributed by atoms with Gasteiger partial charge in [-0.25, -0.2) is 9.37 Å². The number of ether oxygens (including phenoxy) is 1. The highest BCUT2D eigenvalue weighted by atomic mass is 35.5. The first-order chi connectivity index (χ1) is 16.4. The summed E-state index contributed by atoms with van der Waals surface area (Å²) in [5.74, 6) is -1.32. The number of nitrogens with two attached hydrogens (primary N) is 1. The van der Waals surface area contributed by atoms with Crippen molar-refractivity contribution in [1.29, 1.82) is 0 Å². The number of carbonyl (C=O) groups is 2. The fourth-order valence-corrected chi connectivity index (χ4v) is 3.33. The van der Waals surface area contributed by atoms with E-state index in [1.165, 1.54) is 36.7 Å². The molecule has 1 aliphatic carbocycles. The Kier molecular flexibility index (Phi) is 6.84. The molecule has 0 bridgehead atoms. The molecule has 1 atom stereocenters. The molecule has 0 saturated heterocycles. The minimum Gasteiger partial charge on any atom is -0.454 e. The van der Waals surface area contributed by atoms with Crippen LogP contribution in [0.5, 0.6) is 11.5 Å². The molecule has 0 saturated carbocycles. The van der Waals surface area contributed by atoms with Crippen LogP contribution in [0.15, 0.2) is 78.1 Å². The second-order valence-electron chi connectivity index (χ2n) is 7.28. The molecule has 172 valence electrons. The van der Waals surface area contributed by atoms with Crippen LogP contribution >= 0.6 is 11.6 Å². The SMILES string of the molecule is NC(=O)c1cc(Oc2ccc(Nc3ncccc3C(=O)NC3C=CC(Cl)=CC3)cc2F)ccn1. The standard InChI is InChI=1S/C24H19ClFN5O3/c25-14-3-5-15(6-4-14)31-24(33)18-2-1-10-29-23(18)30-16-7-8-21(19(26)12-16)34-17-9-11-28-20(13-17)22(27)32/h1-5,7-13,15H,6H2,(H2,27,32)(H,29,30)(H,31,33). The normalized spacial score (nSPS) is 14.8. The van der Waals surface area contributed by atoms with Crippen LogP contribution in [0.3, 0.4) is 0 Å². The zero-order valence-corrected chi connectivity index (χ0v) is 18.4. The van der Waals surface area contributed by atoms with Crippen molar-refractivity contribution in [1.82, 2.24) is 15.3 Å². The van der Waals surface area contributed by atoms with Gasteiger partial charge in [0.1, 0.15) is 17.3 Å². The van der Waals surface area contributed by atoms with Crippen molar-refractivity contribution >= 4 is 34.9 Å². The number of halogens is 2. The van der Waals surface area contributed by atoms with Crippen LogP contribution in [-0.4, -0.2) is 27.8 Å². The third kappa shape index (κ3) is 5.57. The Hall–Kier alpha value is -4.24. The van der Waals surface area contributed by atoms with Crippen LogP contribution in [-0.2, 0) is 0 Å². The summed E-state index contributed by atoms with van der Waals surface area (Å²) in [6.07, 6.45) is 8.80. The summed E-state index contributed by atoms with van der Waals surface area (Å²) in [6.45, 7) is 0. The Labute approximate surface area is 199 Å². The first kappa shape index (κ1) is 22.9. The molecular formula is C24H19ClFN5O3. The predicted octanol–water partition coefficient (Wildman–Crippen LogP) is 4.43. The third-order valence-electron chi connectivity index (χ3n) is 4.83. The molecule has 0 fully saturated rings. The van der Waals surface area contributed by atoms with E-state index in [-0.39, 0.29) is 35.0 Å². The van der Waals surface area contributed by atoms with Gasteiger partial charge in [0.15, 0.2) is 11.6 Å². The molecule has 0 radical (unpaired) electrons. The van der Waals surface area contributed by atoms with Crippen molar-refractivity contribution in [3.05, 3.63) is 95.2 Å². The van der Waals surface area contributed by atoms with Gasteiger partial charge >= 0.3 is 0 Å². The van der Waals surface area contributed by atoms with E-state index in [0.717, 1.165) is 0 Å². The number of primary amides is 1. The quantitative estimate of drug-likeness (QED) is 0.461.